The van der Waals surface area contributed by atoms with Crippen molar-refractivity contribution in [1.29, 1.82) is 0 Å². The predicted octanol–water partition coefficient (Wildman–Crippen LogP) is -5.10. The van der Waals surface area contributed by atoms with Crippen LogP contribution in [0.4, 0.5) is 0 Å². The van der Waals surface area contributed by atoms with E-state index in [1.165, 1.54) is 20.1 Å². The minimum Gasteiger partial charge on any atom is -0.394 e. The Labute approximate surface area is 167 Å². The Hall–Kier alpha value is -2.61. The average Bonchev–Trinajstić information content (AvgIpc) is 2.65. The van der Waals surface area contributed by atoms with Crippen molar-refractivity contribution in [2.75, 3.05) is 6.61 Å². The SMILES string of the molecule is C[C@@H](O)[C@H](N)C(=O)N[C@H](C(=O)N[C@@H](CO)C(=O)N[C@H]([C]=O)CCC(N)=O)[C@@H](C)O. The van der Waals surface area contributed by atoms with Crippen LogP contribution in [0.3, 0.4) is 0 Å². The zero-order valence-electron chi connectivity index (χ0n) is 16.1. The molecule has 0 heterocycles. The van der Waals surface area contributed by atoms with Gasteiger partial charge < -0.3 is 42.7 Å². The molecule has 0 aromatic heterocycles. The second kappa shape index (κ2) is 12.8. The molecule has 1 radical (unpaired) electrons. The van der Waals surface area contributed by atoms with E-state index in [1.54, 1.807) is 0 Å². The first-order valence-corrected chi connectivity index (χ1v) is 8.74. The van der Waals surface area contributed by atoms with Crippen molar-refractivity contribution >= 4 is 29.9 Å². The van der Waals surface area contributed by atoms with E-state index in [-0.39, 0.29) is 12.8 Å². The highest BCUT2D eigenvalue weighted by Crippen LogP contribution is 1.99. The molecule has 165 valence electrons. The Morgan fingerprint density at radius 1 is 0.966 bits per heavy atom. The molecule has 0 aliphatic carbocycles. The fourth-order valence-corrected chi connectivity index (χ4v) is 2.05. The van der Waals surface area contributed by atoms with Gasteiger partial charge in [0.15, 0.2) is 0 Å². The van der Waals surface area contributed by atoms with Gasteiger partial charge in [-0.25, -0.2) is 0 Å². The maximum Gasteiger partial charge on any atom is 0.245 e. The molecule has 0 bridgehead atoms. The molecule has 0 unspecified atom stereocenters. The van der Waals surface area contributed by atoms with Gasteiger partial charge in [0.05, 0.1) is 24.9 Å². The average molecular weight is 418 g/mol. The topological polar surface area (TPSA) is 234 Å². The van der Waals surface area contributed by atoms with Crippen LogP contribution in [0.1, 0.15) is 26.7 Å². The van der Waals surface area contributed by atoms with Crippen LogP contribution < -0.4 is 27.4 Å². The van der Waals surface area contributed by atoms with Crippen molar-refractivity contribution in [1.82, 2.24) is 16.0 Å². The number of hydrogen-bond donors (Lipinski definition) is 8. The molecule has 0 saturated heterocycles. The number of aliphatic hydroxyl groups is 3. The second-order valence-corrected chi connectivity index (χ2v) is 6.42. The standard InChI is InChI=1S/C16H28N5O8/c1-7(24)12(18)15(28)21-13(8(2)25)16(29)20-10(6-23)14(27)19-9(5-22)3-4-11(17)26/h7-10,12-13,23-25H,3-4,6,18H2,1-2H3,(H2,17,26)(H,19,27)(H,20,29)(H,21,28)/t7-,8-,9+,10+,12+,13+/m1/s1. The van der Waals surface area contributed by atoms with Gasteiger partial charge in [-0.15, -0.1) is 0 Å². The largest absolute Gasteiger partial charge is 0.394 e. The number of rotatable bonds is 13. The first-order chi connectivity index (χ1) is 13.4. The van der Waals surface area contributed by atoms with Crippen molar-refractivity contribution < 1.29 is 39.3 Å². The molecule has 0 rings (SSSR count). The van der Waals surface area contributed by atoms with Crippen molar-refractivity contribution in [3.05, 3.63) is 0 Å². The highest BCUT2D eigenvalue weighted by Gasteiger charge is 2.32. The monoisotopic (exact) mass is 418 g/mol. The van der Waals surface area contributed by atoms with Gasteiger partial charge in [0.25, 0.3) is 0 Å². The Balaban J connectivity index is 5.06. The molecule has 29 heavy (non-hydrogen) atoms. The molecule has 10 N–H and O–H groups in total. The minimum absolute atomic E-state index is 0.125. The molecule has 0 aromatic carbocycles. The Morgan fingerprint density at radius 2 is 1.55 bits per heavy atom. The van der Waals surface area contributed by atoms with Crippen LogP contribution in [0.15, 0.2) is 0 Å². The van der Waals surface area contributed by atoms with E-state index >= 15 is 0 Å². The summed E-state index contributed by atoms with van der Waals surface area (Å²) in [6.45, 7) is 1.58. The summed E-state index contributed by atoms with van der Waals surface area (Å²) < 4.78 is 0. The summed E-state index contributed by atoms with van der Waals surface area (Å²) in [5.74, 6) is -3.61. The molecule has 13 heteroatoms. The molecule has 0 saturated carbocycles. The molecular formula is C16H28N5O8. The van der Waals surface area contributed by atoms with Crippen molar-refractivity contribution in [3.8, 4) is 0 Å². The van der Waals surface area contributed by atoms with Gasteiger partial charge >= 0.3 is 0 Å². The Bertz CT molecular complexity index is 598. The summed E-state index contributed by atoms with van der Waals surface area (Å²) in [5, 5.41) is 34.9. The van der Waals surface area contributed by atoms with E-state index in [1.807, 2.05) is 0 Å². The van der Waals surface area contributed by atoms with E-state index in [2.05, 4.69) is 16.0 Å². The number of aliphatic hydroxyl groups excluding tert-OH is 3. The zero-order chi connectivity index (χ0) is 22.7. The lowest BCUT2D eigenvalue weighted by Crippen LogP contribution is -2.61. The van der Waals surface area contributed by atoms with Gasteiger partial charge in [0.2, 0.25) is 29.9 Å². The number of amides is 4. The van der Waals surface area contributed by atoms with Crippen LogP contribution in [0.25, 0.3) is 0 Å². The summed E-state index contributed by atoms with van der Waals surface area (Å²) in [6.07, 6.45) is -1.46. The lowest BCUT2D eigenvalue weighted by molar-refractivity contribution is -0.135. The molecule has 0 spiro atoms. The van der Waals surface area contributed by atoms with E-state index in [0.29, 0.717) is 0 Å². The first-order valence-electron chi connectivity index (χ1n) is 8.74. The third-order valence-electron chi connectivity index (χ3n) is 3.84. The van der Waals surface area contributed by atoms with Crippen LogP contribution in [-0.4, -0.2) is 88.2 Å². The highest BCUT2D eigenvalue weighted by molar-refractivity contribution is 5.94. The number of nitrogens with one attached hydrogen (secondary N) is 3. The molecule has 6 atom stereocenters. The molecule has 0 aliphatic rings. The van der Waals surface area contributed by atoms with Crippen molar-refractivity contribution in [2.45, 2.75) is 63.1 Å². The summed E-state index contributed by atoms with van der Waals surface area (Å²) in [6, 6.07) is -5.64. The van der Waals surface area contributed by atoms with Gasteiger partial charge in [0.1, 0.15) is 18.1 Å². The number of carbonyl (C=O) groups is 4. The quantitative estimate of drug-likeness (QED) is 0.143. The maximum absolute atomic E-state index is 12.3. The lowest BCUT2D eigenvalue weighted by Gasteiger charge is -2.26. The second-order valence-electron chi connectivity index (χ2n) is 6.42. The van der Waals surface area contributed by atoms with Crippen LogP contribution in [0.2, 0.25) is 0 Å². The summed E-state index contributed by atoms with van der Waals surface area (Å²) in [5.41, 5.74) is 10.4. The molecule has 0 aromatic rings. The van der Waals surface area contributed by atoms with Crippen LogP contribution in [0, 0.1) is 0 Å². The zero-order valence-corrected chi connectivity index (χ0v) is 16.1. The Morgan fingerprint density at radius 3 is 1.97 bits per heavy atom. The summed E-state index contributed by atoms with van der Waals surface area (Å²) in [4.78, 5) is 58.0. The van der Waals surface area contributed by atoms with E-state index in [4.69, 9.17) is 11.5 Å². The lowest BCUT2D eigenvalue weighted by atomic mass is 10.1. The Kier molecular flexibility index (Phi) is 11.6. The van der Waals surface area contributed by atoms with Gasteiger partial charge in [-0.3, -0.25) is 24.0 Å². The molecule has 13 nitrogen and oxygen atoms in total. The van der Waals surface area contributed by atoms with Crippen LogP contribution in [-0.2, 0) is 24.0 Å². The van der Waals surface area contributed by atoms with E-state index in [0.717, 1.165) is 0 Å². The van der Waals surface area contributed by atoms with Crippen LogP contribution >= 0.6 is 0 Å². The van der Waals surface area contributed by atoms with Gasteiger partial charge in [-0.2, -0.15) is 0 Å². The number of carbonyl (C=O) groups excluding carboxylic acids is 5. The number of hydrogen-bond acceptors (Lipinski definition) is 9. The third kappa shape index (κ3) is 9.43. The number of primary amides is 1. The van der Waals surface area contributed by atoms with Gasteiger partial charge in [-0.05, 0) is 20.3 Å². The molecule has 0 fully saturated rings. The van der Waals surface area contributed by atoms with Crippen molar-refractivity contribution in [2.24, 2.45) is 11.5 Å². The fourth-order valence-electron chi connectivity index (χ4n) is 2.05. The van der Waals surface area contributed by atoms with E-state index in [9.17, 15) is 39.3 Å². The van der Waals surface area contributed by atoms with E-state index < -0.39 is 66.6 Å². The van der Waals surface area contributed by atoms with Gasteiger partial charge in [0, 0.05) is 6.42 Å². The first kappa shape index (κ1) is 26.4. The number of nitrogens with two attached hydrogens (primary N) is 2. The van der Waals surface area contributed by atoms with Gasteiger partial charge in [-0.1, -0.05) is 0 Å². The molecular weight excluding hydrogens is 390 g/mol. The molecule has 4 amide bonds. The van der Waals surface area contributed by atoms with Crippen molar-refractivity contribution in [3.63, 3.8) is 0 Å². The third-order valence-corrected chi connectivity index (χ3v) is 3.84. The summed E-state index contributed by atoms with van der Waals surface area (Å²) in [7, 11) is 0. The normalized spacial score (nSPS) is 17.0. The van der Waals surface area contributed by atoms with Crippen LogP contribution in [0.5, 0.6) is 0 Å². The molecule has 0 aliphatic heterocycles. The minimum atomic E-state index is -1.54. The highest BCUT2D eigenvalue weighted by atomic mass is 16.3. The fraction of sp³-hybridized carbons (Fsp3) is 0.688. The maximum atomic E-state index is 12.3. The smallest absolute Gasteiger partial charge is 0.245 e. The summed E-state index contributed by atoms with van der Waals surface area (Å²) >= 11 is 0. The predicted molar refractivity (Wildman–Crippen MR) is 98.3 cm³/mol.